The molecule has 0 atom stereocenters. The average molecular weight is 295 g/mol. The van der Waals surface area contributed by atoms with Crippen LogP contribution in [0.4, 0.5) is 10.5 Å². The van der Waals surface area contributed by atoms with Crippen molar-refractivity contribution in [3.63, 3.8) is 0 Å². The number of carbonyl (C=O) groups excluding carboxylic acids is 1. The van der Waals surface area contributed by atoms with Crippen molar-refractivity contribution in [1.82, 2.24) is 5.32 Å². The van der Waals surface area contributed by atoms with Crippen LogP contribution in [0.1, 0.15) is 6.42 Å². The molecule has 0 radical (unpaired) electrons. The molecule has 6 heteroatoms. The number of carbonyl (C=O) groups is 1. The summed E-state index contributed by atoms with van der Waals surface area (Å²) in [5.74, 6) is 0.147. The van der Waals surface area contributed by atoms with Crippen LogP contribution in [0, 0.1) is 0 Å². The fourth-order valence-corrected chi connectivity index (χ4v) is 1.92. The summed E-state index contributed by atoms with van der Waals surface area (Å²) >= 11 is -1.33. The topological polar surface area (TPSA) is 78.4 Å². The normalized spacial score (nSPS) is 10.6. The predicted octanol–water partition coefficient (Wildman–Crippen LogP) is 2.43. The first-order valence-corrected chi connectivity index (χ1v) is 7.09. The van der Waals surface area contributed by atoms with E-state index in [4.69, 9.17) is 5.11 Å². The summed E-state index contributed by atoms with van der Waals surface area (Å²) < 4.78 is 11.1. The molecule has 3 N–H and O–H groups in total. The number of amides is 2. The Bertz CT molecular complexity index is 431. The first-order chi connectivity index (χ1) is 8.61. The van der Waals surface area contributed by atoms with E-state index in [-0.39, 0.29) is 11.8 Å². The van der Waals surface area contributed by atoms with E-state index in [0.29, 0.717) is 24.0 Å². The molecular weight excluding hydrogens is 279 g/mol. The standard InChI is InChI=1S/C10H13N2O2.C2H3.Co.O/c1-2-7-11-10(14)12-8-3-5-9(13)6-4-8;1-2;;/h3-6,13H,1-2,7H2,(H2,11,12,14);1H,2H2;;. The Hall–Kier alpha value is -1.66. The average Bonchev–Trinajstić information content (AvgIpc) is 2.37. The number of nitrogens with one attached hydrogen (secondary N) is 2. The minimum absolute atomic E-state index is 0.147. The molecule has 0 aliphatic carbocycles. The summed E-state index contributed by atoms with van der Waals surface area (Å²) in [7, 11) is 0. The summed E-state index contributed by atoms with van der Waals surface area (Å²) in [5, 5.41) is 16.3. The van der Waals surface area contributed by atoms with Gasteiger partial charge in [-0.2, -0.15) is 0 Å². The Labute approximate surface area is 110 Å². The Morgan fingerprint density at radius 1 is 1.39 bits per heavy atom. The van der Waals surface area contributed by atoms with Crippen molar-refractivity contribution < 1.29 is 27.4 Å². The molecule has 1 aromatic carbocycles. The van der Waals surface area contributed by atoms with Crippen LogP contribution >= 0.6 is 0 Å². The number of benzene rings is 1. The zero-order valence-electron chi connectivity index (χ0n) is 9.81. The molecule has 0 heterocycles. The first-order valence-electron chi connectivity index (χ1n) is 5.33. The van der Waals surface area contributed by atoms with Crippen LogP contribution in [0.2, 0.25) is 5.36 Å². The van der Waals surface area contributed by atoms with Gasteiger partial charge in [0.15, 0.2) is 0 Å². The summed E-state index contributed by atoms with van der Waals surface area (Å²) in [6.45, 7) is 3.89. The molecular formula is C12H16CoN2O3. The Kier molecular flexibility index (Phi) is 6.10. The molecule has 0 aromatic heterocycles. The first kappa shape index (κ1) is 14.4. The van der Waals surface area contributed by atoms with Crippen LogP contribution in [0.25, 0.3) is 0 Å². The van der Waals surface area contributed by atoms with E-state index < -0.39 is 13.6 Å². The second-order valence-corrected chi connectivity index (χ2v) is 5.31. The number of rotatable bonds is 6. The number of hydrogen-bond donors (Lipinski definition) is 3. The van der Waals surface area contributed by atoms with Gasteiger partial charge in [-0.05, 0) is 0 Å². The van der Waals surface area contributed by atoms with Crippen LogP contribution in [0.15, 0.2) is 35.9 Å². The molecule has 101 valence electrons. The van der Waals surface area contributed by atoms with Crippen LogP contribution < -0.4 is 10.6 Å². The second kappa shape index (κ2) is 7.62. The van der Waals surface area contributed by atoms with E-state index >= 15 is 0 Å². The third-order valence-electron chi connectivity index (χ3n) is 2.02. The Balaban J connectivity index is 2.23. The maximum absolute atomic E-state index is 11.4. The Morgan fingerprint density at radius 2 is 2.06 bits per heavy atom. The van der Waals surface area contributed by atoms with Crippen molar-refractivity contribution in [3.05, 3.63) is 35.9 Å². The molecule has 0 fully saturated rings. The zero-order valence-corrected chi connectivity index (χ0v) is 10.9. The molecule has 0 aliphatic heterocycles. The van der Waals surface area contributed by atoms with Gasteiger partial charge in [-0.3, -0.25) is 0 Å². The van der Waals surface area contributed by atoms with E-state index in [2.05, 4.69) is 17.2 Å². The van der Waals surface area contributed by atoms with Gasteiger partial charge in [0.1, 0.15) is 0 Å². The fraction of sp³-hybridized carbons (Fsp3) is 0.250. The molecule has 0 unspecified atom stereocenters. The van der Waals surface area contributed by atoms with Crippen LogP contribution in [-0.2, 0) is 17.5 Å². The van der Waals surface area contributed by atoms with Crippen molar-refractivity contribution in [2.75, 3.05) is 11.9 Å². The summed E-state index contributed by atoms with van der Waals surface area (Å²) in [6, 6.07) is 5.86. The maximum atomic E-state index is 11.4. The van der Waals surface area contributed by atoms with Gasteiger partial charge in [0.2, 0.25) is 0 Å². The molecule has 0 spiro atoms. The van der Waals surface area contributed by atoms with E-state index in [1.807, 2.05) is 0 Å². The van der Waals surface area contributed by atoms with Crippen molar-refractivity contribution in [1.29, 1.82) is 0 Å². The SMILES string of the molecule is C=[CH][Co](=[O])[CH2]CCNC(=O)Nc1ccc(O)cc1. The molecule has 1 aromatic rings. The zero-order chi connectivity index (χ0) is 13.4. The van der Waals surface area contributed by atoms with Gasteiger partial charge in [-0.1, -0.05) is 0 Å². The molecule has 1 rings (SSSR count). The number of anilines is 1. The van der Waals surface area contributed by atoms with Crippen LogP contribution in [0.5, 0.6) is 5.75 Å². The molecule has 2 amide bonds. The molecule has 0 saturated heterocycles. The van der Waals surface area contributed by atoms with E-state index in [9.17, 15) is 8.66 Å². The molecule has 5 nitrogen and oxygen atoms in total. The quantitative estimate of drug-likeness (QED) is 0.557. The molecule has 0 saturated carbocycles. The van der Waals surface area contributed by atoms with Gasteiger partial charge in [0.25, 0.3) is 0 Å². The molecule has 0 bridgehead atoms. The fourth-order valence-electron chi connectivity index (χ4n) is 1.17. The third-order valence-corrected chi connectivity index (χ3v) is 3.38. The van der Waals surface area contributed by atoms with Crippen molar-refractivity contribution in [2.24, 2.45) is 0 Å². The molecule has 18 heavy (non-hydrogen) atoms. The summed E-state index contributed by atoms with van der Waals surface area (Å²) in [6.07, 6.45) is 0.642. The third kappa shape index (κ3) is 5.60. The van der Waals surface area contributed by atoms with Crippen molar-refractivity contribution in [2.45, 2.75) is 11.8 Å². The van der Waals surface area contributed by atoms with Gasteiger partial charge >= 0.3 is 110 Å². The minimum atomic E-state index is -1.33. The monoisotopic (exact) mass is 295 g/mol. The number of phenols is 1. The van der Waals surface area contributed by atoms with Crippen molar-refractivity contribution in [3.8, 4) is 5.75 Å². The van der Waals surface area contributed by atoms with E-state index in [0.717, 1.165) is 0 Å². The van der Waals surface area contributed by atoms with E-state index in [1.165, 1.54) is 17.1 Å². The molecule has 0 aliphatic rings. The van der Waals surface area contributed by atoms with Gasteiger partial charge in [0, 0.05) is 0 Å². The Morgan fingerprint density at radius 3 is 2.67 bits per heavy atom. The predicted molar refractivity (Wildman–Crippen MR) is 65.4 cm³/mol. The number of urea groups is 1. The van der Waals surface area contributed by atoms with Crippen LogP contribution in [-0.4, -0.2) is 17.7 Å². The van der Waals surface area contributed by atoms with E-state index in [1.54, 1.807) is 12.1 Å². The number of aromatic hydroxyl groups is 1. The summed E-state index contributed by atoms with van der Waals surface area (Å²) in [5.41, 5.74) is 0.599. The second-order valence-electron chi connectivity index (χ2n) is 3.39. The van der Waals surface area contributed by atoms with Gasteiger partial charge in [-0.25, -0.2) is 0 Å². The van der Waals surface area contributed by atoms with Crippen LogP contribution in [0.3, 0.4) is 0 Å². The number of phenolic OH excluding ortho intramolecular Hbond substituents is 1. The van der Waals surface area contributed by atoms with Gasteiger partial charge < -0.3 is 0 Å². The van der Waals surface area contributed by atoms with Crippen molar-refractivity contribution >= 4 is 11.7 Å². The number of hydrogen-bond acceptors (Lipinski definition) is 3. The summed E-state index contributed by atoms with van der Waals surface area (Å²) in [4.78, 5) is 11.4. The van der Waals surface area contributed by atoms with Gasteiger partial charge in [0.05, 0.1) is 0 Å². The van der Waals surface area contributed by atoms with Gasteiger partial charge in [-0.15, -0.1) is 0 Å².